The number of halogens is 1. The number of aromatic hydroxyl groups is 1. The molecule has 33 heavy (non-hydrogen) atoms. The van der Waals surface area contributed by atoms with Crippen molar-refractivity contribution in [2.45, 2.75) is 19.0 Å². The van der Waals surface area contributed by atoms with Crippen LogP contribution in [0, 0.1) is 0 Å². The lowest BCUT2D eigenvalue weighted by Gasteiger charge is -2.38. The number of fused-ring (bicyclic) bond motifs is 1. The number of ether oxygens (including phenoxy) is 4. The van der Waals surface area contributed by atoms with Gasteiger partial charge < -0.3 is 24.1 Å². The summed E-state index contributed by atoms with van der Waals surface area (Å²) in [6.45, 7) is 1.45. The third-order valence-electron chi connectivity index (χ3n) is 6.06. The molecule has 0 fully saturated rings. The van der Waals surface area contributed by atoms with Crippen molar-refractivity contribution in [3.05, 3.63) is 75.8 Å². The third-order valence-corrected chi connectivity index (χ3v) is 6.30. The largest absolute Gasteiger partial charge is 0.502 e. The van der Waals surface area contributed by atoms with Gasteiger partial charge in [-0.1, -0.05) is 23.7 Å². The van der Waals surface area contributed by atoms with Crippen LogP contribution in [0.3, 0.4) is 0 Å². The molecule has 0 radical (unpaired) electrons. The van der Waals surface area contributed by atoms with E-state index in [0.29, 0.717) is 28.8 Å². The zero-order valence-corrected chi connectivity index (χ0v) is 20.0. The van der Waals surface area contributed by atoms with Crippen LogP contribution in [-0.4, -0.2) is 45.0 Å². The highest BCUT2D eigenvalue weighted by Crippen LogP contribution is 2.43. The van der Waals surface area contributed by atoms with Crippen LogP contribution in [-0.2, 0) is 13.0 Å². The Balaban J connectivity index is 1.80. The van der Waals surface area contributed by atoms with Gasteiger partial charge in [-0.15, -0.1) is 0 Å². The first-order valence-electron chi connectivity index (χ1n) is 10.7. The first-order valence-corrected chi connectivity index (χ1v) is 11.0. The van der Waals surface area contributed by atoms with E-state index in [9.17, 15) is 5.11 Å². The van der Waals surface area contributed by atoms with Crippen LogP contribution in [0.4, 0.5) is 0 Å². The molecule has 1 aliphatic heterocycles. The zero-order valence-electron chi connectivity index (χ0n) is 19.2. The van der Waals surface area contributed by atoms with Gasteiger partial charge in [-0.25, -0.2) is 0 Å². The van der Waals surface area contributed by atoms with Crippen LogP contribution >= 0.6 is 11.6 Å². The molecule has 174 valence electrons. The monoisotopic (exact) mass is 469 g/mol. The molecule has 0 saturated heterocycles. The van der Waals surface area contributed by atoms with Crippen LogP contribution in [0.5, 0.6) is 28.7 Å². The van der Waals surface area contributed by atoms with Crippen molar-refractivity contribution in [3.63, 3.8) is 0 Å². The van der Waals surface area contributed by atoms with Gasteiger partial charge in [0.15, 0.2) is 23.0 Å². The smallest absolute Gasteiger partial charge is 0.200 e. The van der Waals surface area contributed by atoms with Gasteiger partial charge in [-0.2, -0.15) is 0 Å². The SMILES string of the molecule is COc1cc2c(cc1OC)[C@H](c1cccc(Cl)c1)N(Cc1cc(OC)c(O)c(OC)c1)CC2. The molecule has 3 aromatic carbocycles. The van der Waals surface area contributed by atoms with Gasteiger partial charge in [0.1, 0.15) is 0 Å². The summed E-state index contributed by atoms with van der Waals surface area (Å²) in [7, 11) is 6.36. The Kier molecular flexibility index (Phi) is 6.86. The summed E-state index contributed by atoms with van der Waals surface area (Å²) >= 11 is 6.38. The Hall–Kier alpha value is -3.09. The molecule has 1 atom stereocenters. The van der Waals surface area contributed by atoms with Crippen LogP contribution in [0.25, 0.3) is 0 Å². The summed E-state index contributed by atoms with van der Waals surface area (Å²) in [6, 6.07) is 15.7. The van der Waals surface area contributed by atoms with E-state index in [1.807, 2.05) is 30.3 Å². The Morgan fingerprint density at radius 1 is 0.879 bits per heavy atom. The fraction of sp³-hybridized carbons (Fsp3) is 0.308. The van der Waals surface area contributed by atoms with E-state index < -0.39 is 0 Å². The number of benzene rings is 3. The van der Waals surface area contributed by atoms with Crippen molar-refractivity contribution in [1.29, 1.82) is 0 Å². The van der Waals surface area contributed by atoms with E-state index in [-0.39, 0.29) is 11.8 Å². The minimum Gasteiger partial charge on any atom is -0.502 e. The van der Waals surface area contributed by atoms with Crippen molar-refractivity contribution in [1.82, 2.24) is 4.90 Å². The van der Waals surface area contributed by atoms with Crippen molar-refractivity contribution >= 4 is 11.6 Å². The standard InChI is InChI=1S/C26H28ClNO5/c1-30-21-13-17-8-9-28(15-16-10-23(32-3)26(29)24(11-16)33-4)25(20(17)14-22(21)31-2)18-6-5-7-19(27)12-18/h5-7,10-14,25,29H,8-9,15H2,1-4H3/t25-/m0/s1. The fourth-order valence-electron chi connectivity index (χ4n) is 4.51. The highest BCUT2D eigenvalue weighted by Gasteiger charge is 2.31. The van der Waals surface area contributed by atoms with Gasteiger partial charge in [-0.3, -0.25) is 4.90 Å². The highest BCUT2D eigenvalue weighted by molar-refractivity contribution is 6.30. The molecular weight excluding hydrogens is 442 g/mol. The number of rotatable bonds is 7. The van der Waals surface area contributed by atoms with Gasteiger partial charge >= 0.3 is 0 Å². The summed E-state index contributed by atoms with van der Waals surface area (Å²) in [5.74, 6) is 2.18. The predicted molar refractivity (Wildman–Crippen MR) is 128 cm³/mol. The van der Waals surface area contributed by atoms with Crippen molar-refractivity contribution in [3.8, 4) is 28.7 Å². The predicted octanol–water partition coefficient (Wildman–Crippen LogP) is 5.23. The molecule has 0 aliphatic carbocycles. The second-order valence-corrected chi connectivity index (χ2v) is 8.37. The maximum Gasteiger partial charge on any atom is 0.200 e. The van der Waals surface area contributed by atoms with Crippen molar-refractivity contribution < 1.29 is 24.1 Å². The zero-order chi connectivity index (χ0) is 23.5. The number of methoxy groups -OCH3 is 4. The molecule has 6 nitrogen and oxygen atoms in total. The van der Waals surface area contributed by atoms with Crippen molar-refractivity contribution in [2.24, 2.45) is 0 Å². The first-order chi connectivity index (χ1) is 16.0. The lowest BCUT2D eigenvalue weighted by atomic mass is 9.87. The summed E-state index contributed by atoms with van der Waals surface area (Å²) in [5, 5.41) is 11.0. The Bertz CT molecular complexity index is 1120. The van der Waals surface area contributed by atoms with Crippen LogP contribution in [0.1, 0.15) is 28.3 Å². The second-order valence-electron chi connectivity index (χ2n) is 7.93. The maximum atomic E-state index is 10.3. The van der Waals surface area contributed by atoms with Crippen molar-refractivity contribution in [2.75, 3.05) is 35.0 Å². The highest BCUT2D eigenvalue weighted by atomic mass is 35.5. The molecule has 0 aromatic heterocycles. The molecule has 0 saturated carbocycles. The third kappa shape index (κ3) is 4.54. The normalized spacial score (nSPS) is 15.6. The molecule has 0 amide bonds. The number of phenolic OH excluding ortho intramolecular Hbond substituents is 1. The average Bonchev–Trinajstić information content (AvgIpc) is 2.83. The molecular formula is C26H28ClNO5. The molecule has 7 heteroatoms. The number of nitrogens with zero attached hydrogens (tertiary/aromatic N) is 1. The van der Waals surface area contributed by atoms with E-state index >= 15 is 0 Å². The quantitative estimate of drug-likeness (QED) is 0.511. The van der Waals surface area contributed by atoms with E-state index in [0.717, 1.165) is 35.4 Å². The van der Waals surface area contributed by atoms with E-state index in [2.05, 4.69) is 23.1 Å². The molecule has 0 bridgehead atoms. The van der Waals surface area contributed by atoms with E-state index in [1.54, 1.807) is 14.2 Å². The molecule has 1 heterocycles. The number of hydrogen-bond donors (Lipinski definition) is 1. The van der Waals surface area contributed by atoms with Gasteiger partial charge in [0.25, 0.3) is 0 Å². The Morgan fingerprint density at radius 2 is 1.52 bits per heavy atom. The van der Waals surface area contributed by atoms with Gasteiger partial charge in [-0.05, 0) is 65.1 Å². The Morgan fingerprint density at radius 3 is 2.12 bits per heavy atom. The molecule has 0 unspecified atom stereocenters. The topological polar surface area (TPSA) is 60.4 Å². The minimum absolute atomic E-state index is 0.00374. The number of hydrogen-bond acceptors (Lipinski definition) is 6. The second kappa shape index (κ2) is 9.81. The lowest BCUT2D eigenvalue weighted by Crippen LogP contribution is -2.35. The summed E-state index contributed by atoms with van der Waals surface area (Å²) < 4.78 is 21.9. The number of phenols is 1. The molecule has 0 spiro atoms. The van der Waals surface area contributed by atoms with Gasteiger partial charge in [0.05, 0.1) is 34.5 Å². The lowest BCUT2D eigenvalue weighted by molar-refractivity contribution is 0.203. The molecule has 1 aliphatic rings. The van der Waals surface area contributed by atoms with Crippen LogP contribution < -0.4 is 18.9 Å². The summed E-state index contributed by atoms with van der Waals surface area (Å²) in [4.78, 5) is 2.38. The molecule has 4 rings (SSSR count). The van der Waals surface area contributed by atoms with E-state index in [1.165, 1.54) is 19.8 Å². The van der Waals surface area contributed by atoms with E-state index in [4.69, 9.17) is 30.5 Å². The summed E-state index contributed by atoms with van der Waals surface area (Å²) in [5.41, 5.74) is 4.43. The van der Waals surface area contributed by atoms with Gasteiger partial charge in [0.2, 0.25) is 5.75 Å². The Labute approximate surface area is 199 Å². The molecule has 3 aromatic rings. The molecule has 1 N–H and O–H groups in total. The fourth-order valence-corrected chi connectivity index (χ4v) is 4.71. The average molecular weight is 470 g/mol. The van der Waals surface area contributed by atoms with Crippen LogP contribution in [0.15, 0.2) is 48.5 Å². The van der Waals surface area contributed by atoms with Gasteiger partial charge in [0, 0.05) is 18.1 Å². The minimum atomic E-state index is -0.0435. The first kappa shape index (κ1) is 23.1. The van der Waals surface area contributed by atoms with Crippen LogP contribution in [0.2, 0.25) is 5.02 Å². The maximum absolute atomic E-state index is 10.3. The summed E-state index contributed by atoms with van der Waals surface area (Å²) in [6.07, 6.45) is 0.860.